The van der Waals surface area contributed by atoms with Crippen LogP contribution in [0.2, 0.25) is 0 Å². The van der Waals surface area contributed by atoms with E-state index in [4.69, 9.17) is 0 Å². The van der Waals surface area contributed by atoms with E-state index in [9.17, 15) is 5.11 Å². The molecular weight excluding hydrogens is 542 g/mol. The molecule has 0 aliphatic carbocycles. The highest BCUT2D eigenvalue weighted by Crippen LogP contribution is 2.53. The summed E-state index contributed by atoms with van der Waals surface area (Å²) in [6, 6.07) is 41.0. The van der Waals surface area contributed by atoms with Gasteiger partial charge in [-0.2, -0.15) is 0 Å². The number of rotatable bonds is 4. The molecule has 0 fully saturated rings. The summed E-state index contributed by atoms with van der Waals surface area (Å²) in [5.74, 6) is 0. The summed E-state index contributed by atoms with van der Waals surface area (Å²) in [4.78, 5) is 2.38. The molecule has 1 aliphatic heterocycles. The van der Waals surface area contributed by atoms with Crippen molar-refractivity contribution >= 4 is 33.0 Å². The molecule has 0 atom stereocenters. The molecule has 2 nitrogen and oxygen atoms in total. The predicted molar refractivity (Wildman–Crippen MR) is 167 cm³/mol. The summed E-state index contributed by atoms with van der Waals surface area (Å²) in [7, 11) is 0. The number of fused-ring (bicyclic) bond motifs is 2. The van der Waals surface area contributed by atoms with Crippen LogP contribution in [-0.4, -0.2) is 5.11 Å². The maximum atomic E-state index is 11.0. The summed E-state index contributed by atoms with van der Waals surface area (Å²) in [5.41, 5.74) is 10.4. The zero-order chi connectivity index (χ0) is 27.4. The maximum Gasteiger partial charge on any atom is 0.0846 e. The molecule has 5 aromatic carbocycles. The van der Waals surface area contributed by atoms with Crippen LogP contribution in [0.5, 0.6) is 0 Å². The zero-order valence-corrected chi connectivity index (χ0v) is 24.3. The lowest BCUT2D eigenvalue weighted by molar-refractivity contribution is 0.0791. The van der Waals surface area contributed by atoms with Crippen LogP contribution in [0.1, 0.15) is 44.4 Å². The van der Waals surface area contributed by atoms with Crippen LogP contribution in [0.15, 0.2) is 120 Å². The van der Waals surface area contributed by atoms with Gasteiger partial charge in [0.2, 0.25) is 0 Å². The van der Waals surface area contributed by atoms with Gasteiger partial charge in [-0.3, -0.25) is 0 Å². The first-order valence-electron chi connectivity index (χ1n) is 13.4. The van der Waals surface area contributed by atoms with Gasteiger partial charge in [0.05, 0.1) is 17.0 Å². The first-order chi connectivity index (χ1) is 18.6. The molecule has 6 rings (SSSR count). The summed E-state index contributed by atoms with van der Waals surface area (Å²) in [5, 5.41) is 11.0. The number of nitrogens with zero attached hydrogens (tertiary/aromatic N) is 1. The van der Waals surface area contributed by atoms with E-state index in [1.165, 1.54) is 33.6 Å². The van der Waals surface area contributed by atoms with Gasteiger partial charge in [0.25, 0.3) is 0 Å². The largest absolute Gasteiger partial charge is 0.386 e. The summed E-state index contributed by atoms with van der Waals surface area (Å²) in [6.45, 7) is 8.31. The maximum absolute atomic E-state index is 11.0. The first kappa shape index (κ1) is 25.6. The van der Waals surface area contributed by atoms with Crippen molar-refractivity contribution in [1.29, 1.82) is 0 Å². The number of halogens is 1. The number of anilines is 3. The van der Waals surface area contributed by atoms with Gasteiger partial charge in [0, 0.05) is 15.6 Å². The molecule has 1 aliphatic rings. The van der Waals surface area contributed by atoms with Crippen molar-refractivity contribution in [2.75, 3.05) is 4.90 Å². The van der Waals surface area contributed by atoms with E-state index in [2.05, 4.69) is 132 Å². The van der Waals surface area contributed by atoms with Crippen molar-refractivity contribution in [3.8, 4) is 22.3 Å². The van der Waals surface area contributed by atoms with Gasteiger partial charge in [0.1, 0.15) is 0 Å². The van der Waals surface area contributed by atoms with Crippen molar-refractivity contribution < 1.29 is 5.11 Å². The van der Waals surface area contributed by atoms with E-state index in [0.29, 0.717) is 0 Å². The topological polar surface area (TPSA) is 23.5 Å². The van der Waals surface area contributed by atoms with E-state index in [1.54, 1.807) is 0 Å². The van der Waals surface area contributed by atoms with E-state index in [-0.39, 0.29) is 5.41 Å². The van der Waals surface area contributed by atoms with Crippen LogP contribution >= 0.6 is 15.9 Å². The van der Waals surface area contributed by atoms with Crippen LogP contribution < -0.4 is 4.90 Å². The average molecular weight is 575 g/mol. The molecule has 194 valence electrons. The van der Waals surface area contributed by atoms with Crippen molar-refractivity contribution in [2.24, 2.45) is 0 Å². The molecule has 5 aromatic rings. The van der Waals surface area contributed by atoms with E-state index in [0.717, 1.165) is 26.9 Å². The molecular formula is C36H32BrNO. The minimum atomic E-state index is -0.969. The Balaban J connectivity index is 1.52. The van der Waals surface area contributed by atoms with Crippen LogP contribution in [0.25, 0.3) is 22.3 Å². The monoisotopic (exact) mass is 573 g/mol. The van der Waals surface area contributed by atoms with Gasteiger partial charge in [-0.15, -0.1) is 0 Å². The Morgan fingerprint density at radius 1 is 0.641 bits per heavy atom. The average Bonchev–Trinajstić information content (AvgIpc) is 2.93. The Morgan fingerprint density at radius 2 is 1.26 bits per heavy atom. The predicted octanol–water partition coefficient (Wildman–Crippen LogP) is 10.1. The van der Waals surface area contributed by atoms with E-state index in [1.807, 2.05) is 32.0 Å². The van der Waals surface area contributed by atoms with Gasteiger partial charge in [0.15, 0.2) is 0 Å². The Bertz CT molecular complexity index is 1660. The Morgan fingerprint density at radius 3 is 1.97 bits per heavy atom. The molecule has 0 saturated heterocycles. The number of hydrogen-bond acceptors (Lipinski definition) is 2. The fraction of sp³-hybridized carbons (Fsp3) is 0.167. The first-order valence-corrected chi connectivity index (χ1v) is 14.2. The van der Waals surface area contributed by atoms with Crippen molar-refractivity contribution in [3.05, 3.63) is 136 Å². The molecule has 1 heterocycles. The van der Waals surface area contributed by atoms with Gasteiger partial charge in [-0.05, 0) is 95.3 Å². The van der Waals surface area contributed by atoms with Crippen molar-refractivity contribution in [2.45, 2.75) is 38.7 Å². The second-order valence-electron chi connectivity index (χ2n) is 11.4. The zero-order valence-electron chi connectivity index (χ0n) is 22.7. The van der Waals surface area contributed by atoms with Crippen molar-refractivity contribution in [3.63, 3.8) is 0 Å². The molecule has 0 bridgehead atoms. The SMILES string of the molecule is CC(C)(O)c1cc(Br)ccc1-c1ccc2c(c1)C(C)(C)c1ccccc1N2c1ccc(-c2ccccc2)cc1. The quantitative estimate of drug-likeness (QED) is 0.231. The number of aliphatic hydroxyl groups is 1. The molecule has 0 amide bonds. The normalized spacial score (nSPS) is 14.1. The highest BCUT2D eigenvalue weighted by atomic mass is 79.9. The van der Waals surface area contributed by atoms with Gasteiger partial charge >= 0.3 is 0 Å². The van der Waals surface area contributed by atoms with Crippen LogP contribution in [-0.2, 0) is 11.0 Å². The van der Waals surface area contributed by atoms with E-state index < -0.39 is 5.60 Å². The Hall–Kier alpha value is -3.66. The van der Waals surface area contributed by atoms with Gasteiger partial charge < -0.3 is 10.0 Å². The Kier molecular flexibility index (Phi) is 6.25. The molecule has 39 heavy (non-hydrogen) atoms. The Labute approximate surface area is 239 Å². The molecule has 3 heteroatoms. The van der Waals surface area contributed by atoms with E-state index >= 15 is 0 Å². The van der Waals surface area contributed by atoms with Gasteiger partial charge in [-0.1, -0.05) is 103 Å². The lowest BCUT2D eigenvalue weighted by atomic mass is 9.72. The molecule has 0 saturated carbocycles. The lowest BCUT2D eigenvalue weighted by Crippen LogP contribution is -2.30. The number of benzene rings is 5. The fourth-order valence-electron chi connectivity index (χ4n) is 5.86. The minimum Gasteiger partial charge on any atom is -0.386 e. The second-order valence-corrected chi connectivity index (χ2v) is 12.3. The highest BCUT2D eigenvalue weighted by molar-refractivity contribution is 9.10. The standard InChI is InChI=1S/C36H32BrNO/c1-35(2)30-12-8-9-13-33(30)38(28-18-14-25(15-19-28)24-10-6-5-7-11-24)34-21-16-26(22-32(34)35)29-20-17-27(37)23-31(29)36(3,4)39/h5-23,39H,1-4H3. The van der Waals surface area contributed by atoms with Gasteiger partial charge in [-0.25, -0.2) is 0 Å². The summed E-state index contributed by atoms with van der Waals surface area (Å²) >= 11 is 3.59. The minimum absolute atomic E-state index is 0.202. The summed E-state index contributed by atoms with van der Waals surface area (Å²) in [6.07, 6.45) is 0. The van der Waals surface area contributed by atoms with Crippen LogP contribution in [0.3, 0.4) is 0 Å². The smallest absolute Gasteiger partial charge is 0.0846 e. The third-order valence-corrected chi connectivity index (χ3v) is 8.41. The third-order valence-electron chi connectivity index (χ3n) is 7.91. The highest BCUT2D eigenvalue weighted by Gasteiger charge is 2.37. The van der Waals surface area contributed by atoms with Crippen molar-refractivity contribution in [1.82, 2.24) is 0 Å². The fourth-order valence-corrected chi connectivity index (χ4v) is 6.22. The molecule has 1 N–H and O–H groups in total. The second kappa shape index (κ2) is 9.51. The van der Waals surface area contributed by atoms with Crippen LogP contribution in [0, 0.1) is 0 Å². The van der Waals surface area contributed by atoms with Crippen LogP contribution in [0.4, 0.5) is 17.1 Å². The lowest BCUT2D eigenvalue weighted by Gasteiger charge is -2.42. The molecule has 0 unspecified atom stereocenters. The number of para-hydroxylation sites is 1. The summed E-state index contributed by atoms with van der Waals surface area (Å²) < 4.78 is 0.959. The third kappa shape index (κ3) is 4.50. The molecule has 0 spiro atoms. The number of hydrogen-bond donors (Lipinski definition) is 1. The molecule has 0 aromatic heterocycles. The molecule has 0 radical (unpaired) electrons.